The first kappa shape index (κ1) is 21.8. The van der Waals surface area contributed by atoms with Gasteiger partial charge >= 0.3 is 6.61 Å². The topological polar surface area (TPSA) is 75.7 Å². The van der Waals surface area contributed by atoms with E-state index >= 15 is 0 Å². The summed E-state index contributed by atoms with van der Waals surface area (Å²) < 4.78 is 55.6. The van der Waals surface area contributed by atoms with E-state index in [-0.39, 0.29) is 22.8 Å². The summed E-state index contributed by atoms with van der Waals surface area (Å²) in [7, 11) is -3.60. The van der Waals surface area contributed by atoms with Crippen LogP contribution in [0.2, 0.25) is 0 Å². The van der Waals surface area contributed by atoms with E-state index in [1.54, 1.807) is 32.0 Å². The Labute approximate surface area is 163 Å². The Balaban J connectivity index is 2.08. The van der Waals surface area contributed by atoms with Gasteiger partial charge in [-0.1, -0.05) is 32.0 Å². The van der Waals surface area contributed by atoms with E-state index in [4.69, 9.17) is 0 Å². The monoisotopic (exact) mass is 412 g/mol. The fourth-order valence-electron chi connectivity index (χ4n) is 2.63. The van der Waals surface area contributed by atoms with E-state index in [9.17, 15) is 22.0 Å². The molecule has 0 aliphatic rings. The van der Waals surface area contributed by atoms with Crippen LogP contribution in [0.5, 0.6) is 5.75 Å². The molecule has 0 radical (unpaired) electrons. The molecule has 0 fully saturated rings. The smallest absolute Gasteiger partial charge is 0.387 e. The molecular formula is C19H22F2N2O4S. The van der Waals surface area contributed by atoms with Gasteiger partial charge < -0.3 is 10.1 Å². The molecule has 28 heavy (non-hydrogen) atoms. The van der Waals surface area contributed by atoms with Crippen molar-refractivity contribution in [1.29, 1.82) is 0 Å². The average molecular weight is 412 g/mol. The predicted molar refractivity (Wildman–Crippen MR) is 101 cm³/mol. The summed E-state index contributed by atoms with van der Waals surface area (Å²) in [5.41, 5.74) is 0.655. The number of halogens is 2. The van der Waals surface area contributed by atoms with Gasteiger partial charge in [0.25, 0.3) is 5.91 Å². The third-order valence-electron chi connectivity index (χ3n) is 4.09. The minimum atomic E-state index is -3.60. The van der Waals surface area contributed by atoms with E-state index in [1.807, 2.05) is 0 Å². The number of alkyl halides is 2. The number of nitrogens with zero attached hydrogens (tertiary/aromatic N) is 1. The van der Waals surface area contributed by atoms with Gasteiger partial charge in [-0.2, -0.15) is 13.1 Å². The number of benzene rings is 2. The number of carbonyl (C=O) groups excluding carboxylic acids is 1. The van der Waals surface area contributed by atoms with Crippen molar-refractivity contribution in [2.24, 2.45) is 0 Å². The standard InChI is InChI=1S/C19H22F2N2O4S/c1-3-23(4-2)28(25,26)16-11-9-14(10-12-16)18(24)22-13-15-7-5-6-8-17(15)27-19(20)21/h5-12,19H,3-4,13H2,1-2H3,(H,22,24). The number of hydrogen-bond acceptors (Lipinski definition) is 4. The molecule has 2 aromatic carbocycles. The zero-order valence-corrected chi connectivity index (χ0v) is 16.4. The third kappa shape index (κ3) is 5.26. The third-order valence-corrected chi connectivity index (χ3v) is 6.15. The van der Waals surface area contributed by atoms with E-state index in [1.165, 1.54) is 34.6 Å². The number of rotatable bonds is 9. The summed E-state index contributed by atoms with van der Waals surface area (Å²) >= 11 is 0. The fraction of sp³-hybridized carbons (Fsp3) is 0.316. The number of ether oxygens (including phenoxy) is 1. The van der Waals surface area contributed by atoms with Gasteiger partial charge in [0.2, 0.25) is 10.0 Å². The van der Waals surface area contributed by atoms with Crippen LogP contribution < -0.4 is 10.1 Å². The summed E-state index contributed by atoms with van der Waals surface area (Å²) in [5, 5.41) is 2.61. The number of nitrogens with one attached hydrogen (secondary N) is 1. The second kappa shape index (κ2) is 9.61. The number of sulfonamides is 1. The molecule has 0 bridgehead atoms. The highest BCUT2D eigenvalue weighted by atomic mass is 32.2. The Morgan fingerprint density at radius 2 is 1.68 bits per heavy atom. The molecule has 0 atom stereocenters. The Morgan fingerprint density at radius 3 is 2.25 bits per heavy atom. The first-order chi connectivity index (χ1) is 13.3. The minimum absolute atomic E-state index is 0.0127. The molecular weight excluding hydrogens is 390 g/mol. The predicted octanol–water partition coefficient (Wildman–Crippen LogP) is 3.25. The molecule has 0 saturated carbocycles. The van der Waals surface area contributed by atoms with Gasteiger partial charge in [-0.3, -0.25) is 4.79 Å². The molecule has 2 aromatic rings. The first-order valence-electron chi connectivity index (χ1n) is 8.70. The van der Waals surface area contributed by atoms with Gasteiger partial charge in [0.05, 0.1) is 4.90 Å². The molecule has 1 amide bonds. The molecule has 2 rings (SSSR count). The molecule has 0 spiro atoms. The molecule has 0 heterocycles. The number of hydrogen-bond donors (Lipinski definition) is 1. The summed E-state index contributed by atoms with van der Waals surface area (Å²) in [5.74, 6) is -0.475. The maximum atomic E-state index is 12.5. The quantitative estimate of drug-likeness (QED) is 0.686. The summed E-state index contributed by atoms with van der Waals surface area (Å²) in [6.07, 6.45) is 0. The van der Waals surface area contributed by atoms with Gasteiger partial charge in [0, 0.05) is 30.8 Å². The van der Waals surface area contributed by atoms with E-state index in [0.717, 1.165) is 0 Å². The van der Waals surface area contributed by atoms with Crippen LogP contribution in [-0.2, 0) is 16.6 Å². The second-order valence-corrected chi connectivity index (χ2v) is 7.72. The molecule has 9 heteroatoms. The van der Waals surface area contributed by atoms with Crippen LogP contribution in [-0.4, -0.2) is 38.3 Å². The normalized spacial score (nSPS) is 11.6. The van der Waals surface area contributed by atoms with Gasteiger partial charge in [0.15, 0.2) is 0 Å². The summed E-state index contributed by atoms with van der Waals surface area (Å²) in [4.78, 5) is 12.4. The molecule has 0 aromatic heterocycles. The molecule has 0 aliphatic heterocycles. The van der Waals surface area contributed by atoms with Crippen molar-refractivity contribution in [2.45, 2.75) is 31.9 Å². The van der Waals surface area contributed by atoms with E-state index in [2.05, 4.69) is 10.1 Å². The minimum Gasteiger partial charge on any atom is -0.434 e. The van der Waals surface area contributed by atoms with Gasteiger partial charge in [-0.25, -0.2) is 8.42 Å². The van der Waals surface area contributed by atoms with Crippen LogP contribution in [0.4, 0.5) is 8.78 Å². The van der Waals surface area contributed by atoms with Crippen LogP contribution >= 0.6 is 0 Å². The lowest BCUT2D eigenvalue weighted by molar-refractivity contribution is -0.0504. The van der Waals surface area contributed by atoms with Crippen molar-refractivity contribution in [3.05, 3.63) is 59.7 Å². The fourth-order valence-corrected chi connectivity index (χ4v) is 4.09. The lowest BCUT2D eigenvalue weighted by atomic mass is 10.2. The second-order valence-electron chi connectivity index (χ2n) is 5.78. The highest BCUT2D eigenvalue weighted by molar-refractivity contribution is 7.89. The van der Waals surface area contributed by atoms with Crippen molar-refractivity contribution >= 4 is 15.9 Å². The van der Waals surface area contributed by atoms with Crippen LogP contribution in [0.1, 0.15) is 29.8 Å². The highest BCUT2D eigenvalue weighted by Gasteiger charge is 2.21. The van der Waals surface area contributed by atoms with Crippen LogP contribution in [0.25, 0.3) is 0 Å². The lowest BCUT2D eigenvalue weighted by Crippen LogP contribution is -2.30. The zero-order chi connectivity index (χ0) is 20.7. The Kier molecular flexibility index (Phi) is 7.47. The molecule has 0 unspecified atom stereocenters. The Hall–Kier alpha value is -2.52. The number of para-hydroxylation sites is 1. The zero-order valence-electron chi connectivity index (χ0n) is 15.6. The van der Waals surface area contributed by atoms with Crippen molar-refractivity contribution in [1.82, 2.24) is 9.62 Å². The highest BCUT2D eigenvalue weighted by Crippen LogP contribution is 2.20. The summed E-state index contributed by atoms with van der Waals surface area (Å²) in [6.45, 7) is 1.22. The Morgan fingerprint density at radius 1 is 1.07 bits per heavy atom. The van der Waals surface area contributed by atoms with Crippen molar-refractivity contribution in [2.75, 3.05) is 13.1 Å². The van der Waals surface area contributed by atoms with Gasteiger partial charge in [0.1, 0.15) is 5.75 Å². The van der Waals surface area contributed by atoms with Crippen molar-refractivity contribution < 1.29 is 26.7 Å². The van der Waals surface area contributed by atoms with Crippen LogP contribution in [0, 0.1) is 0 Å². The van der Waals surface area contributed by atoms with Crippen LogP contribution in [0.15, 0.2) is 53.4 Å². The first-order valence-corrected chi connectivity index (χ1v) is 10.1. The molecule has 0 saturated heterocycles. The SMILES string of the molecule is CCN(CC)S(=O)(=O)c1ccc(C(=O)NCc2ccccc2OC(F)F)cc1. The van der Waals surface area contributed by atoms with Gasteiger partial charge in [-0.15, -0.1) is 0 Å². The lowest BCUT2D eigenvalue weighted by Gasteiger charge is -2.18. The van der Waals surface area contributed by atoms with E-state index < -0.39 is 22.5 Å². The summed E-state index contributed by atoms with van der Waals surface area (Å²) in [6, 6.07) is 11.7. The largest absolute Gasteiger partial charge is 0.434 e. The molecule has 0 aliphatic carbocycles. The number of carbonyl (C=O) groups is 1. The molecule has 152 valence electrons. The Bertz CT molecular complexity index is 898. The van der Waals surface area contributed by atoms with Crippen molar-refractivity contribution in [3.8, 4) is 5.75 Å². The van der Waals surface area contributed by atoms with Crippen LogP contribution in [0.3, 0.4) is 0 Å². The van der Waals surface area contributed by atoms with Crippen molar-refractivity contribution in [3.63, 3.8) is 0 Å². The number of amides is 1. The average Bonchev–Trinajstić information content (AvgIpc) is 2.67. The van der Waals surface area contributed by atoms with Gasteiger partial charge in [-0.05, 0) is 30.3 Å². The van der Waals surface area contributed by atoms with E-state index in [0.29, 0.717) is 18.7 Å². The molecule has 6 nitrogen and oxygen atoms in total. The molecule has 1 N–H and O–H groups in total. The maximum absolute atomic E-state index is 12.5. The maximum Gasteiger partial charge on any atom is 0.387 e.